The van der Waals surface area contributed by atoms with Crippen molar-refractivity contribution in [3.63, 3.8) is 0 Å². The molecule has 8 heteroatoms. The Morgan fingerprint density at radius 2 is 2.08 bits per heavy atom. The number of hydrogen-bond acceptors (Lipinski definition) is 6. The molecular weight excluding hydrogens is 390 g/mol. The summed E-state index contributed by atoms with van der Waals surface area (Å²) in [5.74, 6) is -0.321. The Balaban J connectivity index is 1.70. The highest BCUT2D eigenvalue weighted by molar-refractivity contribution is 9.10. The molecule has 0 spiro atoms. The maximum Gasteiger partial charge on any atom is 0.279 e. The molecule has 0 aliphatic heterocycles. The van der Waals surface area contributed by atoms with Gasteiger partial charge in [0, 0.05) is 34.4 Å². The molecule has 3 aromatic rings. The van der Waals surface area contributed by atoms with Crippen molar-refractivity contribution in [1.82, 2.24) is 15.0 Å². The van der Waals surface area contributed by atoms with Crippen LogP contribution in [0, 0.1) is 6.92 Å². The fourth-order valence-corrected chi connectivity index (χ4v) is 3.23. The van der Waals surface area contributed by atoms with Gasteiger partial charge >= 0.3 is 0 Å². The van der Waals surface area contributed by atoms with Crippen molar-refractivity contribution in [3.05, 3.63) is 63.0 Å². The third-order valence-corrected chi connectivity index (χ3v) is 5.12. The van der Waals surface area contributed by atoms with Gasteiger partial charge in [0.1, 0.15) is 0 Å². The van der Waals surface area contributed by atoms with Crippen LogP contribution in [0.5, 0.6) is 0 Å². The van der Waals surface area contributed by atoms with Crippen LogP contribution in [0.25, 0.3) is 0 Å². The average Bonchev–Trinajstić information content (AvgIpc) is 2.98. The van der Waals surface area contributed by atoms with Gasteiger partial charge in [-0.1, -0.05) is 28.1 Å². The zero-order valence-electron chi connectivity index (χ0n) is 12.8. The van der Waals surface area contributed by atoms with Crippen LogP contribution in [0.1, 0.15) is 26.5 Å². The molecule has 0 aliphatic rings. The number of carbonyl (C=O) groups is 1. The Labute approximate surface area is 151 Å². The van der Waals surface area contributed by atoms with Crippen molar-refractivity contribution in [2.24, 2.45) is 0 Å². The van der Waals surface area contributed by atoms with E-state index in [0.29, 0.717) is 5.13 Å². The summed E-state index contributed by atoms with van der Waals surface area (Å²) in [6, 6.07) is 6.23. The van der Waals surface area contributed by atoms with Gasteiger partial charge in [-0.05, 0) is 24.1 Å². The molecule has 0 radical (unpaired) electrons. The van der Waals surface area contributed by atoms with E-state index in [1.54, 1.807) is 6.20 Å². The van der Waals surface area contributed by atoms with E-state index in [9.17, 15) is 4.79 Å². The first-order valence-corrected chi connectivity index (χ1v) is 8.71. The minimum atomic E-state index is -0.416. The van der Waals surface area contributed by atoms with Crippen LogP contribution in [-0.4, -0.2) is 20.9 Å². The van der Waals surface area contributed by atoms with E-state index < -0.39 is 5.91 Å². The van der Waals surface area contributed by atoms with Gasteiger partial charge in [-0.3, -0.25) is 10.1 Å². The third kappa shape index (κ3) is 3.77. The Morgan fingerprint density at radius 1 is 1.29 bits per heavy atom. The summed E-state index contributed by atoms with van der Waals surface area (Å²) >= 11 is 4.92. The number of rotatable bonds is 4. The van der Waals surface area contributed by atoms with Crippen LogP contribution >= 0.6 is 27.3 Å². The molecule has 3 N–H and O–H groups in total. The van der Waals surface area contributed by atoms with E-state index in [2.05, 4.69) is 55.3 Å². The second kappa shape index (κ2) is 7.06. The summed E-state index contributed by atoms with van der Waals surface area (Å²) < 4.78 is 1.09. The lowest BCUT2D eigenvalue weighted by atomic mass is 10.1. The second-order valence-corrected chi connectivity index (χ2v) is 7.11. The Bertz CT molecular complexity index is 896. The highest BCUT2D eigenvalue weighted by atomic mass is 79.9. The standard InChI is InChI=1S/C16H14BrN5OS/c1-9-6-10(2-3-12(9)17)7-11-8-21-16(24-11)22-15(23)13-14(18)20-5-4-19-13/h2-6,8H,7H2,1H3,(H2,18,20)(H,21,22,23). The first-order chi connectivity index (χ1) is 11.5. The van der Waals surface area contributed by atoms with Gasteiger partial charge in [0.25, 0.3) is 5.91 Å². The number of aromatic nitrogens is 3. The van der Waals surface area contributed by atoms with Crippen molar-refractivity contribution in [1.29, 1.82) is 0 Å². The Hall–Kier alpha value is -2.32. The number of nitrogens with two attached hydrogens (primary N) is 1. The molecule has 0 atom stereocenters. The topological polar surface area (TPSA) is 93.8 Å². The lowest BCUT2D eigenvalue weighted by Crippen LogP contribution is -2.16. The van der Waals surface area contributed by atoms with Gasteiger partial charge in [0.05, 0.1) is 0 Å². The lowest BCUT2D eigenvalue weighted by molar-refractivity contribution is 0.102. The van der Waals surface area contributed by atoms with Crippen molar-refractivity contribution >= 4 is 44.1 Å². The molecule has 1 amide bonds. The van der Waals surface area contributed by atoms with E-state index in [4.69, 9.17) is 5.73 Å². The number of aryl methyl sites for hydroxylation is 1. The summed E-state index contributed by atoms with van der Waals surface area (Å²) in [6.07, 6.45) is 5.38. The highest BCUT2D eigenvalue weighted by Gasteiger charge is 2.14. The smallest absolute Gasteiger partial charge is 0.279 e. The number of nitrogen functional groups attached to an aromatic ring is 1. The number of carbonyl (C=O) groups excluding carboxylic acids is 1. The highest BCUT2D eigenvalue weighted by Crippen LogP contribution is 2.24. The van der Waals surface area contributed by atoms with Crippen LogP contribution in [0.4, 0.5) is 10.9 Å². The monoisotopic (exact) mass is 403 g/mol. The lowest BCUT2D eigenvalue weighted by Gasteiger charge is -2.03. The van der Waals surface area contributed by atoms with Crippen molar-refractivity contribution in [3.8, 4) is 0 Å². The molecule has 0 aliphatic carbocycles. The first kappa shape index (κ1) is 16.5. The number of anilines is 2. The number of nitrogens with zero attached hydrogens (tertiary/aromatic N) is 3. The van der Waals surface area contributed by atoms with Crippen LogP contribution in [0.3, 0.4) is 0 Å². The van der Waals surface area contributed by atoms with E-state index >= 15 is 0 Å². The fourth-order valence-electron chi connectivity index (χ4n) is 2.15. The normalized spacial score (nSPS) is 10.6. The molecule has 24 heavy (non-hydrogen) atoms. The van der Waals surface area contributed by atoms with Crippen LogP contribution in [0.15, 0.2) is 41.3 Å². The van der Waals surface area contributed by atoms with Gasteiger partial charge in [-0.25, -0.2) is 15.0 Å². The fraction of sp³-hybridized carbons (Fsp3) is 0.125. The zero-order valence-corrected chi connectivity index (χ0v) is 15.2. The quantitative estimate of drug-likeness (QED) is 0.695. The number of benzene rings is 1. The minimum absolute atomic E-state index is 0.0946. The molecule has 2 heterocycles. The van der Waals surface area contributed by atoms with Crippen molar-refractivity contribution < 1.29 is 4.79 Å². The van der Waals surface area contributed by atoms with Gasteiger partial charge in [-0.15, -0.1) is 11.3 Å². The molecule has 0 fully saturated rings. The summed E-state index contributed by atoms with van der Waals surface area (Å²) in [7, 11) is 0. The number of nitrogens with one attached hydrogen (secondary N) is 1. The van der Waals surface area contributed by atoms with Gasteiger partial charge in [-0.2, -0.15) is 0 Å². The van der Waals surface area contributed by atoms with Gasteiger partial charge < -0.3 is 5.73 Å². The maximum absolute atomic E-state index is 12.2. The summed E-state index contributed by atoms with van der Waals surface area (Å²) in [5, 5.41) is 3.21. The molecular formula is C16H14BrN5OS. The molecule has 0 bridgehead atoms. The molecule has 2 aromatic heterocycles. The summed E-state index contributed by atoms with van der Waals surface area (Å²) in [4.78, 5) is 25.2. The SMILES string of the molecule is Cc1cc(Cc2cnc(NC(=O)c3nccnc3N)s2)ccc1Br. The maximum atomic E-state index is 12.2. The molecule has 0 unspecified atom stereocenters. The molecule has 0 saturated carbocycles. The summed E-state index contributed by atoms with van der Waals surface area (Å²) in [6.45, 7) is 2.05. The summed E-state index contributed by atoms with van der Waals surface area (Å²) in [5.41, 5.74) is 8.12. The van der Waals surface area contributed by atoms with Crippen LogP contribution < -0.4 is 11.1 Å². The largest absolute Gasteiger partial charge is 0.382 e. The average molecular weight is 404 g/mol. The predicted molar refractivity (Wildman–Crippen MR) is 98.2 cm³/mol. The number of halogens is 1. The van der Waals surface area contributed by atoms with Crippen molar-refractivity contribution in [2.45, 2.75) is 13.3 Å². The van der Waals surface area contributed by atoms with E-state index in [-0.39, 0.29) is 11.5 Å². The van der Waals surface area contributed by atoms with E-state index in [1.165, 1.54) is 34.9 Å². The van der Waals surface area contributed by atoms with Crippen molar-refractivity contribution in [2.75, 3.05) is 11.1 Å². The predicted octanol–water partition coefficient (Wildman–Crippen LogP) is 3.43. The molecule has 6 nitrogen and oxygen atoms in total. The van der Waals surface area contributed by atoms with Crippen LogP contribution in [-0.2, 0) is 6.42 Å². The third-order valence-electron chi connectivity index (χ3n) is 3.32. The Kier molecular flexibility index (Phi) is 4.86. The van der Waals surface area contributed by atoms with E-state index in [0.717, 1.165) is 15.8 Å². The van der Waals surface area contributed by atoms with Gasteiger partial charge in [0.15, 0.2) is 16.6 Å². The second-order valence-electron chi connectivity index (χ2n) is 5.14. The van der Waals surface area contributed by atoms with E-state index in [1.807, 2.05) is 6.07 Å². The minimum Gasteiger partial charge on any atom is -0.382 e. The molecule has 0 saturated heterocycles. The molecule has 122 valence electrons. The molecule has 3 rings (SSSR count). The Morgan fingerprint density at radius 3 is 2.83 bits per heavy atom. The number of thiazole rings is 1. The first-order valence-electron chi connectivity index (χ1n) is 7.10. The van der Waals surface area contributed by atoms with Crippen LogP contribution in [0.2, 0.25) is 0 Å². The molecule has 1 aromatic carbocycles. The number of amides is 1. The van der Waals surface area contributed by atoms with Gasteiger partial charge in [0.2, 0.25) is 0 Å². The zero-order chi connectivity index (χ0) is 17.1. The number of hydrogen-bond donors (Lipinski definition) is 2.